The fourth-order valence-corrected chi connectivity index (χ4v) is 3.33. The van der Waals surface area contributed by atoms with Crippen LogP contribution < -0.4 is 20.1 Å². The highest BCUT2D eigenvalue weighted by Crippen LogP contribution is 2.32. The Morgan fingerprint density at radius 1 is 1.15 bits per heavy atom. The van der Waals surface area contributed by atoms with Crippen LogP contribution in [0.3, 0.4) is 0 Å². The first-order valence-corrected chi connectivity index (χ1v) is 8.97. The van der Waals surface area contributed by atoms with Gasteiger partial charge in [0.15, 0.2) is 17.2 Å². The SMILES string of the molecule is Cc1cc(C(=O)Nc2sccc2C(=O)NCc2ccc3c(c2)OCO3)no1. The van der Waals surface area contributed by atoms with Crippen molar-refractivity contribution in [2.75, 3.05) is 12.1 Å². The Balaban J connectivity index is 1.41. The van der Waals surface area contributed by atoms with Crippen LogP contribution in [0.25, 0.3) is 0 Å². The van der Waals surface area contributed by atoms with E-state index in [1.165, 1.54) is 17.4 Å². The molecule has 0 atom stereocenters. The maximum atomic E-state index is 12.5. The predicted molar refractivity (Wildman–Crippen MR) is 97.2 cm³/mol. The minimum atomic E-state index is -0.431. The molecule has 4 rings (SSSR count). The lowest BCUT2D eigenvalue weighted by atomic mass is 10.2. The third kappa shape index (κ3) is 3.63. The summed E-state index contributed by atoms with van der Waals surface area (Å²) in [5, 5.41) is 11.4. The Bertz CT molecular complexity index is 1010. The van der Waals surface area contributed by atoms with Crippen LogP contribution in [0, 0.1) is 6.92 Å². The van der Waals surface area contributed by atoms with Crippen molar-refractivity contribution in [1.29, 1.82) is 0 Å². The minimum absolute atomic E-state index is 0.160. The van der Waals surface area contributed by atoms with E-state index in [9.17, 15) is 9.59 Å². The number of anilines is 1. The molecule has 1 aliphatic heterocycles. The zero-order valence-electron chi connectivity index (χ0n) is 14.3. The van der Waals surface area contributed by atoms with E-state index in [0.29, 0.717) is 34.4 Å². The molecule has 1 aliphatic rings. The first kappa shape index (κ1) is 17.1. The molecule has 3 aromatic rings. The number of nitrogens with zero attached hydrogens (tertiary/aromatic N) is 1. The van der Waals surface area contributed by atoms with Gasteiger partial charge in [0.2, 0.25) is 6.79 Å². The Morgan fingerprint density at radius 3 is 2.81 bits per heavy atom. The van der Waals surface area contributed by atoms with Gasteiger partial charge >= 0.3 is 0 Å². The lowest BCUT2D eigenvalue weighted by molar-refractivity contribution is 0.0952. The van der Waals surface area contributed by atoms with E-state index in [1.807, 2.05) is 12.1 Å². The molecule has 2 aromatic heterocycles. The van der Waals surface area contributed by atoms with Crippen molar-refractivity contribution in [2.24, 2.45) is 0 Å². The molecular weight excluding hydrogens is 370 g/mol. The third-order valence-electron chi connectivity index (χ3n) is 3.89. The zero-order valence-corrected chi connectivity index (χ0v) is 15.1. The summed E-state index contributed by atoms with van der Waals surface area (Å²) in [6, 6.07) is 8.68. The van der Waals surface area contributed by atoms with Gasteiger partial charge in [-0.2, -0.15) is 0 Å². The number of fused-ring (bicyclic) bond motifs is 1. The molecule has 0 saturated heterocycles. The van der Waals surface area contributed by atoms with Crippen molar-refractivity contribution in [1.82, 2.24) is 10.5 Å². The second kappa shape index (κ2) is 7.12. The van der Waals surface area contributed by atoms with Crippen molar-refractivity contribution < 1.29 is 23.6 Å². The maximum Gasteiger partial charge on any atom is 0.278 e. The van der Waals surface area contributed by atoms with Gasteiger partial charge in [0.1, 0.15) is 10.8 Å². The second-order valence-electron chi connectivity index (χ2n) is 5.81. The molecule has 0 radical (unpaired) electrons. The number of rotatable bonds is 5. The zero-order chi connectivity index (χ0) is 18.8. The number of ether oxygens (including phenoxy) is 2. The number of hydrogen-bond acceptors (Lipinski definition) is 7. The van der Waals surface area contributed by atoms with Crippen molar-refractivity contribution in [3.8, 4) is 11.5 Å². The lowest BCUT2D eigenvalue weighted by Crippen LogP contribution is -2.24. The molecule has 0 unspecified atom stereocenters. The molecule has 138 valence electrons. The van der Waals surface area contributed by atoms with Gasteiger partial charge in [-0.25, -0.2) is 0 Å². The maximum absolute atomic E-state index is 12.5. The molecule has 2 amide bonds. The van der Waals surface area contributed by atoms with Crippen LogP contribution in [0.4, 0.5) is 5.00 Å². The lowest BCUT2D eigenvalue weighted by Gasteiger charge is -2.07. The van der Waals surface area contributed by atoms with E-state index in [0.717, 1.165) is 5.56 Å². The number of thiophene rings is 1. The summed E-state index contributed by atoms with van der Waals surface area (Å²) in [5.74, 6) is 1.16. The van der Waals surface area contributed by atoms with Crippen molar-refractivity contribution in [3.05, 3.63) is 58.3 Å². The topological polar surface area (TPSA) is 103 Å². The average Bonchev–Trinajstić information content (AvgIpc) is 3.39. The summed E-state index contributed by atoms with van der Waals surface area (Å²) in [6.07, 6.45) is 0. The van der Waals surface area contributed by atoms with Gasteiger partial charge in [0, 0.05) is 12.6 Å². The monoisotopic (exact) mass is 385 g/mol. The molecule has 0 fully saturated rings. The Hall–Kier alpha value is -3.33. The third-order valence-corrected chi connectivity index (χ3v) is 4.72. The van der Waals surface area contributed by atoms with E-state index >= 15 is 0 Å². The van der Waals surface area contributed by atoms with E-state index in [1.54, 1.807) is 24.4 Å². The molecule has 8 nitrogen and oxygen atoms in total. The van der Waals surface area contributed by atoms with Crippen LogP contribution in [0.15, 0.2) is 40.2 Å². The number of amides is 2. The largest absolute Gasteiger partial charge is 0.454 e. The Labute approximate surface area is 158 Å². The highest BCUT2D eigenvalue weighted by Gasteiger charge is 2.18. The number of hydrogen-bond donors (Lipinski definition) is 2. The van der Waals surface area contributed by atoms with Crippen molar-refractivity contribution in [3.63, 3.8) is 0 Å². The highest BCUT2D eigenvalue weighted by molar-refractivity contribution is 7.14. The molecule has 0 saturated carbocycles. The van der Waals surface area contributed by atoms with Crippen LogP contribution in [0.5, 0.6) is 11.5 Å². The summed E-state index contributed by atoms with van der Waals surface area (Å²) in [4.78, 5) is 24.7. The molecular formula is C18H15N3O5S. The summed E-state index contributed by atoms with van der Waals surface area (Å²) < 4.78 is 15.5. The molecule has 0 aliphatic carbocycles. The van der Waals surface area contributed by atoms with Crippen LogP contribution in [0.2, 0.25) is 0 Å². The van der Waals surface area contributed by atoms with Crippen LogP contribution in [-0.4, -0.2) is 23.8 Å². The van der Waals surface area contributed by atoms with Gasteiger partial charge in [-0.05, 0) is 36.1 Å². The molecule has 3 heterocycles. The van der Waals surface area contributed by atoms with Crippen LogP contribution >= 0.6 is 11.3 Å². The fourth-order valence-electron chi connectivity index (χ4n) is 2.55. The number of nitrogens with one attached hydrogen (secondary N) is 2. The Morgan fingerprint density at radius 2 is 2.00 bits per heavy atom. The summed E-state index contributed by atoms with van der Waals surface area (Å²) >= 11 is 1.26. The number of carbonyl (C=O) groups excluding carboxylic acids is 2. The van der Waals surface area contributed by atoms with E-state index in [-0.39, 0.29) is 18.4 Å². The average molecular weight is 385 g/mol. The van der Waals surface area contributed by atoms with Gasteiger partial charge in [0.25, 0.3) is 11.8 Å². The van der Waals surface area contributed by atoms with E-state index in [2.05, 4.69) is 15.8 Å². The molecule has 0 bridgehead atoms. The number of aryl methyl sites for hydroxylation is 1. The first-order valence-electron chi connectivity index (χ1n) is 8.09. The van der Waals surface area contributed by atoms with Gasteiger partial charge in [-0.3, -0.25) is 9.59 Å². The standard InChI is InChI=1S/C18H15N3O5S/c1-10-6-13(21-26-10)17(23)20-18-12(4-5-27-18)16(22)19-8-11-2-3-14-15(7-11)25-9-24-14/h2-7H,8-9H2,1H3,(H,19,22)(H,20,23). The summed E-state index contributed by atoms with van der Waals surface area (Å²) in [5.41, 5.74) is 1.42. The quantitative estimate of drug-likeness (QED) is 0.700. The smallest absolute Gasteiger partial charge is 0.278 e. The molecule has 1 aromatic carbocycles. The van der Waals surface area contributed by atoms with Crippen molar-refractivity contribution in [2.45, 2.75) is 13.5 Å². The second-order valence-corrected chi connectivity index (χ2v) is 6.73. The predicted octanol–water partition coefficient (Wildman–Crippen LogP) is 2.96. The number of aromatic nitrogens is 1. The van der Waals surface area contributed by atoms with Crippen molar-refractivity contribution >= 4 is 28.2 Å². The van der Waals surface area contributed by atoms with Gasteiger partial charge in [-0.15, -0.1) is 11.3 Å². The Kier molecular flexibility index (Phi) is 4.51. The van der Waals surface area contributed by atoms with Crippen LogP contribution in [-0.2, 0) is 6.54 Å². The summed E-state index contributed by atoms with van der Waals surface area (Å²) in [7, 11) is 0. The molecule has 27 heavy (non-hydrogen) atoms. The number of carbonyl (C=O) groups is 2. The molecule has 9 heteroatoms. The van der Waals surface area contributed by atoms with E-state index in [4.69, 9.17) is 14.0 Å². The minimum Gasteiger partial charge on any atom is -0.454 e. The van der Waals surface area contributed by atoms with Crippen LogP contribution in [0.1, 0.15) is 32.2 Å². The normalized spacial score (nSPS) is 12.0. The fraction of sp³-hybridized carbons (Fsp3) is 0.167. The summed E-state index contributed by atoms with van der Waals surface area (Å²) in [6.45, 7) is 2.22. The van der Waals surface area contributed by atoms with E-state index < -0.39 is 5.91 Å². The van der Waals surface area contributed by atoms with Gasteiger partial charge < -0.3 is 24.6 Å². The highest BCUT2D eigenvalue weighted by atomic mass is 32.1. The molecule has 2 N–H and O–H groups in total. The number of benzene rings is 1. The first-order chi connectivity index (χ1) is 13.1. The molecule has 0 spiro atoms. The van der Waals surface area contributed by atoms with Gasteiger partial charge in [-0.1, -0.05) is 11.2 Å². The van der Waals surface area contributed by atoms with Gasteiger partial charge in [0.05, 0.1) is 5.56 Å².